The second kappa shape index (κ2) is 12.0. The van der Waals surface area contributed by atoms with Crippen LogP contribution in [-0.2, 0) is 4.79 Å². The van der Waals surface area contributed by atoms with Gasteiger partial charge < -0.3 is 18.9 Å². The molecule has 0 unspecified atom stereocenters. The van der Waals surface area contributed by atoms with E-state index in [1.165, 1.54) is 20.4 Å². The van der Waals surface area contributed by atoms with Gasteiger partial charge in [-0.25, -0.2) is 10.2 Å². The molecule has 0 fully saturated rings. The Hall–Kier alpha value is -4.37. The Bertz CT molecular complexity index is 1450. The maximum absolute atomic E-state index is 12.9. The van der Waals surface area contributed by atoms with E-state index in [0.29, 0.717) is 22.8 Å². The average Bonchev–Trinajstić information content (AvgIpc) is 2.93. The van der Waals surface area contributed by atoms with Gasteiger partial charge in [-0.1, -0.05) is 46.3 Å². The summed E-state index contributed by atoms with van der Waals surface area (Å²) in [4.78, 5) is 25.2. The normalized spacial score (nSPS) is 10.8. The van der Waals surface area contributed by atoms with Crippen molar-refractivity contribution in [1.82, 2.24) is 5.43 Å². The Labute approximate surface area is 221 Å². The molecule has 0 aromatic heterocycles. The minimum atomic E-state index is -0.585. The van der Waals surface area contributed by atoms with Crippen molar-refractivity contribution < 1.29 is 28.5 Å². The first-order chi connectivity index (χ1) is 18.0. The van der Waals surface area contributed by atoms with E-state index in [2.05, 4.69) is 26.5 Å². The molecule has 9 heteroatoms. The number of hydrogen-bond donors (Lipinski definition) is 1. The topological polar surface area (TPSA) is 95.5 Å². The summed E-state index contributed by atoms with van der Waals surface area (Å²) in [5.74, 6) is 0.715. The quantitative estimate of drug-likeness (QED) is 0.127. The van der Waals surface area contributed by atoms with Crippen molar-refractivity contribution in [3.8, 4) is 23.0 Å². The second-order valence-corrected chi connectivity index (χ2v) is 8.61. The fourth-order valence-corrected chi connectivity index (χ4v) is 3.76. The lowest BCUT2D eigenvalue weighted by Gasteiger charge is -2.12. The van der Waals surface area contributed by atoms with Crippen molar-refractivity contribution in [2.45, 2.75) is 0 Å². The highest BCUT2D eigenvalue weighted by Crippen LogP contribution is 2.30. The molecule has 188 valence electrons. The summed E-state index contributed by atoms with van der Waals surface area (Å²) in [5.41, 5.74) is 3.26. The lowest BCUT2D eigenvalue weighted by Crippen LogP contribution is -2.24. The number of hydrazone groups is 1. The van der Waals surface area contributed by atoms with Gasteiger partial charge in [-0.2, -0.15) is 5.10 Å². The van der Waals surface area contributed by atoms with Gasteiger partial charge in [0.15, 0.2) is 18.1 Å². The maximum Gasteiger partial charge on any atom is 0.343 e. The smallest absolute Gasteiger partial charge is 0.343 e. The number of nitrogens with one attached hydrogen (secondary N) is 1. The first-order valence-corrected chi connectivity index (χ1v) is 11.9. The molecule has 0 aliphatic heterocycles. The Kier molecular flexibility index (Phi) is 8.37. The molecule has 0 saturated heterocycles. The molecule has 37 heavy (non-hydrogen) atoms. The third-order valence-corrected chi connectivity index (χ3v) is 5.85. The molecule has 0 aliphatic rings. The lowest BCUT2D eigenvalue weighted by molar-refractivity contribution is -0.123. The lowest BCUT2D eigenvalue weighted by atomic mass is 10.0. The first kappa shape index (κ1) is 25.7. The van der Waals surface area contributed by atoms with E-state index in [9.17, 15) is 9.59 Å². The number of rotatable bonds is 9. The first-order valence-electron chi connectivity index (χ1n) is 11.1. The minimum Gasteiger partial charge on any atom is -0.493 e. The number of benzene rings is 4. The summed E-state index contributed by atoms with van der Waals surface area (Å²) in [7, 11) is 3.01. The van der Waals surface area contributed by atoms with Crippen LogP contribution in [0.25, 0.3) is 10.8 Å². The van der Waals surface area contributed by atoms with Gasteiger partial charge in [-0.3, -0.25) is 4.79 Å². The number of carbonyl (C=O) groups is 2. The number of amides is 1. The molecular formula is C28H23BrN2O6. The maximum atomic E-state index is 12.9. The van der Waals surface area contributed by atoms with Crippen molar-refractivity contribution in [2.75, 3.05) is 20.8 Å². The molecule has 1 amide bonds. The van der Waals surface area contributed by atoms with Crippen LogP contribution in [0, 0.1) is 0 Å². The van der Waals surface area contributed by atoms with Crippen molar-refractivity contribution in [2.24, 2.45) is 5.10 Å². The summed E-state index contributed by atoms with van der Waals surface area (Å²) < 4.78 is 22.6. The largest absolute Gasteiger partial charge is 0.493 e. The van der Waals surface area contributed by atoms with E-state index in [4.69, 9.17) is 18.9 Å². The minimum absolute atomic E-state index is 0.213. The average molecular weight is 563 g/mol. The number of halogens is 1. The molecule has 0 radical (unpaired) electrons. The molecular weight excluding hydrogens is 540 g/mol. The van der Waals surface area contributed by atoms with Crippen LogP contribution in [0.4, 0.5) is 0 Å². The molecule has 8 nitrogen and oxygen atoms in total. The van der Waals surface area contributed by atoms with Crippen LogP contribution < -0.4 is 24.4 Å². The highest BCUT2D eigenvalue weighted by atomic mass is 79.9. The van der Waals surface area contributed by atoms with Crippen LogP contribution in [-0.4, -0.2) is 38.9 Å². The molecule has 0 heterocycles. The number of carbonyl (C=O) groups excluding carboxylic acids is 2. The molecule has 0 saturated carbocycles. The van der Waals surface area contributed by atoms with Gasteiger partial charge in [0.2, 0.25) is 0 Å². The van der Waals surface area contributed by atoms with Gasteiger partial charge >= 0.3 is 5.97 Å². The van der Waals surface area contributed by atoms with Crippen molar-refractivity contribution >= 4 is 44.8 Å². The summed E-state index contributed by atoms with van der Waals surface area (Å²) in [6.07, 6.45) is 1.44. The van der Waals surface area contributed by atoms with E-state index in [0.717, 1.165) is 15.2 Å². The van der Waals surface area contributed by atoms with Crippen LogP contribution >= 0.6 is 15.9 Å². The van der Waals surface area contributed by atoms with Crippen LogP contribution in [0.2, 0.25) is 0 Å². The van der Waals surface area contributed by atoms with E-state index >= 15 is 0 Å². The van der Waals surface area contributed by atoms with Crippen molar-refractivity contribution in [3.05, 3.63) is 94.5 Å². The van der Waals surface area contributed by atoms with Gasteiger partial charge in [-0.15, -0.1) is 0 Å². The van der Waals surface area contributed by atoms with Crippen LogP contribution in [0.15, 0.2) is 88.4 Å². The van der Waals surface area contributed by atoms with Gasteiger partial charge in [0.05, 0.1) is 26.0 Å². The number of fused-ring (bicyclic) bond motifs is 1. The fraction of sp³-hybridized carbons (Fsp3) is 0.107. The van der Waals surface area contributed by atoms with Crippen molar-refractivity contribution in [3.63, 3.8) is 0 Å². The molecule has 1 N–H and O–H groups in total. The number of ether oxygens (including phenoxy) is 4. The third-order valence-electron chi connectivity index (χ3n) is 5.32. The predicted octanol–water partition coefficient (Wildman–Crippen LogP) is 5.37. The van der Waals surface area contributed by atoms with Crippen LogP contribution in [0.1, 0.15) is 15.9 Å². The highest BCUT2D eigenvalue weighted by Gasteiger charge is 2.16. The number of esters is 1. The van der Waals surface area contributed by atoms with E-state index in [-0.39, 0.29) is 17.9 Å². The van der Waals surface area contributed by atoms with Crippen LogP contribution in [0.5, 0.6) is 23.0 Å². The Balaban J connectivity index is 1.52. The summed E-state index contributed by atoms with van der Waals surface area (Å²) >= 11 is 3.35. The SMILES string of the molecule is COc1ccc(C(=O)Oc2ccc3ccccc3c2/C=N/NC(=O)COc2ccc(Br)cc2)cc1OC. The zero-order valence-electron chi connectivity index (χ0n) is 20.1. The van der Waals surface area contributed by atoms with Gasteiger partial charge in [0.1, 0.15) is 11.5 Å². The second-order valence-electron chi connectivity index (χ2n) is 7.69. The molecule has 0 bridgehead atoms. The molecule has 0 atom stereocenters. The summed E-state index contributed by atoms with van der Waals surface area (Å²) in [6.45, 7) is -0.213. The molecule has 4 aromatic carbocycles. The Morgan fingerprint density at radius 1 is 0.892 bits per heavy atom. The highest BCUT2D eigenvalue weighted by molar-refractivity contribution is 9.10. The van der Waals surface area contributed by atoms with Crippen LogP contribution in [0.3, 0.4) is 0 Å². The number of hydrogen-bond acceptors (Lipinski definition) is 7. The molecule has 0 aliphatic carbocycles. The zero-order valence-corrected chi connectivity index (χ0v) is 21.7. The molecule has 4 aromatic rings. The van der Waals surface area contributed by atoms with E-state index in [1.807, 2.05) is 42.5 Å². The van der Waals surface area contributed by atoms with E-state index < -0.39 is 11.9 Å². The summed E-state index contributed by atoms with van der Waals surface area (Å²) in [6, 6.07) is 23.0. The zero-order chi connectivity index (χ0) is 26.2. The summed E-state index contributed by atoms with van der Waals surface area (Å²) in [5, 5.41) is 5.78. The monoisotopic (exact) mass is 562 g/mol. The van der Waals surface area contributed by atoms with Gasteiger partial charge in [0, 0.05) is 10.0 Å². The van der Waals surface area contributed by atoms with Gasteiger partial charge in [0.25, 0.3) is 5.91 Å². The molecule has 0 spiro atoms. The van der Waals surface area contributed by atoms with Gasteiger partial charge in [-0.05, 0) is 59.3 Å². The molecule has 4 rings (SSSR count). The third kappa shape index (κ3) is 6.45. The standard InChI is InChI=1S/C28H23BrN2O6/c1-34-25-14-8-19(15-26(25)35-2)28(33)37-24-13-7-18-5-3-4-6-22(18)23(24)16-30-31-27(32)17-36-21-11-9-20(29)10-12-21/h3-16H,17H2,1-2H3,(H,31,32)/b30-16+. The fourth-order valence-electron chi connectivity index (χ4n) is 3.50. The number of nitrogens with zero attached hydrogens (tertiary/aromatic N) is 1. The Morgan fingerprint density at radius 3 is 2.38 bits per heavy atom. The van der Waals surface area contributed by atoms with Crippen molar-refractivity contribution in [1.29, 1.82) is 0 Å². The Morgan fingerprint density at radius 2 is 1.62 bits per heavy atom. The number of methoxy groups -OCH3 is 2. The predicted molar refractivity (Wildman–Crippen MR) is 144 cm³/mol. The van der Waals surface area contributed by atoms with E-state index in [1.54, 1.807) is 36.4 Å².